The molecular formula is C14H20N2O4. The summed E-state index contributed by atoms with van der Waals surface area (Å²) >= 11 is 0. The summed E-state index contributed by atoms with van der Waals surface area (Å²) in [7, 11) is 1.59. The molecule has 1 rings (SSSR count). The second kappa shape index (κ2) is 8.16. The number of rotatable bonds is 8. The van der Waals surface area contributed by atoms with Crippen LogP contribution < -0.4 is 15.8 Å². The van der Waals surface area contributed by atoms with Gasteiger partial charge in [0.05, 0.1) is 13.5 Å². The van der Waals surface area contributed by atoms with E-state index in [-0.39, 0.29) is 12.3 Å². The predicted molar refractivity (Wildman–Crippen MR) is 74.6 cm³/mol. The Morgan fingerprint density at radius 3 is 2.55 bits per heavy atom. The maximum atomic E-state index is 11.7. The maximum Gasteiger partial charge on any atom is 0.320 e. The van der Waals surface area contributed by atoms with Crippen LogP contribution in [0.3, 0.4) is 0 Å². The van der Waals surface area contributed by atoms with Crippen molar-refractivity contribution in [1.29, 1.82) is 0 Å². The molecule has 0 bridgehead atoms. The molecule has 0 aliphatic heterocycles. The third-order valence-electron chi connectivity index (χ3n) is 2.86. The van der Waals surface area contributed by atoms with Gasteiger partial charge in [0.15, 0.2) is 0 Å². The lowest BCUT2D eigenvalue weighted by Gasteiger charge is -2.08. The molecule has 0 saturated carbocycles. The molecule has 0 spiro atoms. The first-order valence-corrected chi connectivity index (χ1v) is 6.41. The smallest absolute Gasteiger partial charge is 0.320 e. The number of carbonyl (C=O) groups excluding carboxylic acids is 1. The van der Waals surface area contributed by atoms with Crippen molar-refractivity contribution in [2.75, 3.05) is 13.7 Å². The van der Waals surface area contributed by atoms with Gasteiger partial charge < -0.3 is 20.9 Å². The largest absolute Gasteiger partial charge is 0.497 e. The Balaban J connectivity index is 2.24. The van der Waals surface area contributed by atoms with Crippen molar-refractivity contribution in [1.82, 2.24) is 5.32 Å². The number of ether oxygens (including phenoxy) is 1. The zero-order chi connectivity index (χ0) is 15.0. The fraction of sp³-hybridized carbons (Fsp3) is 0.429. The molecule has 6 nitrogen and oxygen atoms in total. The van der Waals surface area contributed by atoms with E-state index >= 15 is 0 Å². The van der Waals surface area contributed by atoms with E-state index in [1.165, 1.54) is 0 Å². The normalized spacial score (nSPS) is 11.7. The van der Waals surface area contributed by atoms with Gasteiger partial charge in [0.25, 0.3) is 0 Å². The van der Waals surface area contributed by atoms with Crippen LogP contribution in [-0.4, -0.2) is 36.7 Å². The van der Waals surface area contributed by atoms with E-state index in [1.54, 1.807) is 19.2 Å². The van der Waals surface area contributed by atoms with Crippen molar-refractivity contribution in [2.45, 2.75) is 25.3 Å². The summed E-state index contributed by atoms with van der Waals surface area (Å²) in [6, 6.07) is 6.40. The molecule has 0 saturated heterocycles. The Labute approximate surface area is 117 Å². The molecular weight excluding hydrogens is 260 g/mol. The van der Waals surface area contributed by atoms with Gasteiger partial charge in [-0.25, -0.2) is 0 Å². The number of benzene rings is 1. The topological polar surface area (TPSA) is 102 Å². The van der Waals surface area contributed by atoms with Crippen LogP contribution in [0, 0.1) is 0 Å². The second-order valence-electron chi connectivity index (χ2n) is 4.46. The molecule has 0 aliphatic carbocycles. The van der Waals surface area contributed by atoms with Gasteiger partial charge in [-0.15, -0.1) is 0 Å². The van der Waals surface area contributed by atoms with Gasteiger partial charge in [-0.2, -0.15) is 0 Å². The van der Waals surface area contributed by atoms with Crippen LogP contribution in [0.5, 0.6) is 5.75 Å². The number of carbonyl (C=O) groups is 2. The number of methoxy groups -OCH3 is 1. The van der Waals surface area contributed by atoms with Gasteiger partial charge in [0.2, 0.25) is 5.91 Å². The first-order chi connectivity index (χ1) is 9.52. The molecule has 6 heteroatoms. The van der Waals surface area contributed by atoms with E-state index in [0.29, 0.717) is 19.4 Å². The van der Waals surface area contributed by atoms with Crippen LogP contribution in [-0.2, 0) is 16.0 Å². The van der Waals surface area contributed by atoms with Crippen LogP contribution >= 0.6 is 0 Å². The summed E-state index contributed by atoms with van der Waals surface area (Å²) in [4.78, 5) is 22.2. The van der Waals surface area contributed by atoms with Gasteiger partial charge in [-0.05, 0) is 30.5 Å². The highest BCUT2D eigenvalue weighted by molar-refractivity contribution is 5.78. The van der Waals surface area contributed by atoms with Crippen LogP contribution in [0.15, 0.2) is 24.3 Å². The zero-order valence-corrected chi connectivity index (χ0v) is 11.5. The third-order valence-corrected chi connectivity index (χ3v) is 2.86. The van der Waals surface area contributed by atoms with E-state index in [1.807, 2.05) is 12.1 Å². The SMILES string of the molecule is COc1ccc(CC(=O)NCCC[C@H](N)C(=O)O)cc1. The molecule has 20 heavy (non-hydrogen) atoms. The van der Waals surface area contributed by atoms with Crippen LogP contribution in [0.25, 0.3) is 0 Å². The van der Waals surface area contributed by atoms with Crippen molar-refractivity contribution in [2.24, 2.45) is 5.73 Å². The number of carboxylic acids is 1. The Kier molecular flexibility index (Phi) is 6.52. The monoisotopic (exact) mass is 280 g/mol. The standard InChI is InChI=1S/C14H20N2O4/c1-20-11-6-4-10(5-7-11)9-13(17)16-8-2-3-12(15)14(18)19/h4-7,12H,2-3,8-9,15H2,1H3,(H,16,17)(H,18,19)/t12-/m0/s1. The molecule has 0 unspecified atom stereocenters. The van der Waals surface area contributed by atoms with Gasteiger partial charge in [-0.3, -0.25) is 9.59 Å². The lowest BCUT2D eigenvalue weighted by Crippen LogP contribution is -2.32. The highest BCUT2D eigenvalue weighted by Crippen LogP contribution is 2.11. The van der Waals surface area contributed by atoms with Gasteiger partial charge in [0, 0.05) is 6.54 Å². The van der Waals surface area contributed by atoms with Crippen molar-refractivity contribution in [3.8, 4) is 5.75 Å². The Bertz CT molecular complexity index is 445. The van der Waals surface area contributed by atoms with Gasteiger partial charge in [-0.1, -0.05) is 12.1 Å². The van der Waals surface area contributed by atoms with Crippen molar-refractivity contribution < 1.29 is 19.4 Å². The van der Waals surface area contributed by atoms with Crippen LogP contribution in [0.4, 0.5) is 0 Å². The highest BCUT2D eigenvalue weighted by Gasteiger charge is 2.10. The Hall–Kier alpha value is -2.08. The predicted octanol–water partition coefficient (Wildman–Crippen LogP) is 0.546. The van der Waals surface area contributed by atoms with E-state index < -0.39 is 12.0 Å². The average molecular weight is 280 g/mol. The average Bonchev–Trinajstić information content (AvgIpc) is 2.44. The number of nitrogens with two attached hydrogens (primary N) is 1. The van der Waals surface area contributed by atoms with Gasteiger partial charge >= 0.3 is 5.97 Å². The molecule has 4 N–H and O–H groups in total. The number of hydrogen-bond donors (Lipinski definition) is 3. The number of aliphatic carboxylic acids is 1. The molecule has 1 aromatic carbocycles. The molecule has 1 atom stereocenters. The minimum Gasteiger partial charge on any atom is -0.497 e. The summed E-state index contributed by atoms with van der Waals surface area (Å²) in [5.41, 5.74) is 6.25. The summed E-state index contributed by atoms with van der Waals surface area (Å²) < 4.78 is 5.03. The highest BCUT2D eigenvalue weighted by atomic mass is 16.5. The minimum atomic E-state index is -1.02. The minimum absolute atomic E-state index is 0.0981. The van der Waals surface area contributed by atoms with Crippen molar-refractivity contribution in [3.63, 3.8) is 0 Å². The fourth-order valence-electron chi connectivity index (χ4n) is 1.66. The van der Waals surface area contributed by atoms with Gasteiger partial charge in [0.1, 0.15) is 11.8 Å². The lowest BCUT2D eigenvalue weighted by molar-refractivity contribution is -0.138. The summed E-state index contributed by atoms with van der Waals surface area (Å²) in [5.74, 6) is -0.370. The molecule has 0 heterocycles. The number of carboxylic acid groups (broad SMARTS) is 1. The summed E-state index contributed by atoms with van der Waals surface area (Å²) in [5, 5.41) is 11.3. The number of amides is 1. The number of hydrogen-bond acceptors (Lipinski definition) is 4. The van der Waals surface area contributed by atoms with Crippen molar-refractivity contribution in [3.05, 3.63) is 29.8 Å². The third kappa shape index (κ3) is 5.71. The van der Waals surface area contributed by atoms with E-state index in [2.05, 4.69) is 5.32 Å². The van der Waals surface area contributed by atoms with E-state index in [9.17, 15) is 9.59 Å². The lowest BCUT2D eigenvalue weighted by atomic mass is 10.1. The molecule has 0 aliphatic rings. The quantitative estimate of drug-likeness (QED) is 0.603. The van der Waals surface area contributed by atoms with Crippen molar-refractivity contribution >= 4 is 11.9 Å². The summed E-state index contributed by atoms with van der Waals surface area (Å²) in [6.07, 6.45) is 1.18. The zero-order valence-electron chi connectivity index (χ0n) is 11.5. The fourth-order valence-corrected chi connectivity index (χ4v) is 1.66. The molecule has 1 amide bonds. The first kappa shape index (κ1) is 16.0. The molecule has 0 radical (unpaired) electrons. The Morgan fingerprint density at radius 1 is 1.35 bits per heavy atom. The van der Waals surface area contributed by atoms with E-state index in [4.69, 9.17) is 15.6 Å². The molecule has 110 valence electrons. The molecule has 0 fully saturated rings. The van der Waals surface area contributed by atoms with E-state index in [0.717, 1.165) is 11.3 Å². The van der Waals surface area contributed by atoms with Crippen LogP contribution in [0.1, 0.15) is 18.4 Å². The first-order valence-electron chi connectivity index (χ1n) is 6.41. The number of nitrogens with one attached hydrogen (secondary N) is 1. The van der Waals surface area contributed by atoms with Crippen LogP contribution in [0.2, 0.25) is 0 Å². The maximum absolute atomic E-state index is 11.7. The second-order valence-corrected chi connectivity index (χ2v) is 4.46. The Morgan fingerprint density at radius 2 is 2.00 bits per heavy atom. The summed E-state index contributed by atoms with van der Waals surface area (Å²) in [6.45, 7) is 0.427. The molecule has 0 aromatic heterocycles. The molecule has 1 aromatic rings.